The van der Waals surface area contributed by atoms with Gasteiger partial charge in [0.25, 0.3) is 5.56 Å². The van der Waals surface area contributed by atoms with Crippen LogP contribution in [0, 0.1) is 13.8 Å². The highest BCUT2D eigenvalue weighted by Crippen LogP contribution is 2.38. The standard InChI is InChI=1S/C27H37N5O2/c1-16(2)24-21-14-20(19-10-12-32(13-11-19)23(33)15-30(5)6)8-9-22(21)28-26(24)25-17(3)18(4)27(34)31(7)29-25/h8-9,14,16,19,28H,10-13,15H2,1-7H3. The van der Waals surface area contributed by atoms with Gasteiger partial charge in [0, 0.05) is 36.6 Å². The molecule has 1 aliphatic heterocycles. The van der Waals surface area contributed by atoms with Crippen molar-refractivity contribution < 1.29 is 4.79 Å². The molecule has 7 heteroatoms. The largest absolute Gasteiger partial charge is 0.353 e. The summed E-state index contributed by atoms with van der Waals surface area (Å²) in [4.78, 5) is 32.3. The maximum atomic E-state index is 12.4. The molecule has 0 atom stereocenters. The molecule has 2 aromatic heterocycles. The molecule has 1 aliphatic rings. The molecule has 0 saturated carbocycles. The minimum Gasteiger partial charge on any atom is -0.353 e. The molecule has 4 rings (SSSR count). The minimum absolute atomic E-state index is 0.0545. The van der Waals surface area contributed by atoms with E-state index in [1.54, 1.807) is 7.05 Å². The number of likely N-dealkylation sites (N-methyl/N-ethyl adjacent to an activating group) is 1. The molecule has 7 nitrogen and oxygen atoms in total. The van der Waals surface area contributed by atoms with Crippen molar-refractivity contribution in [2.75, 3.05) is 33.7 Å². The molecule has 0 spiro atoms. The monoisotopic (exact) mass is 463 g/mol. The Morgan fingerprint density at radius 1 is 1.18 bits per heavy atom. The van der Waals surface area contributed by atoms with Crippen LogP contribution in [0.4, 0.5) is 0 Å². The molecule has 1 N–H and O–H groups in total. The Morgan fingerprint density at radius 3 is 2.47 bits per heavy atom. The number of carbonyl (C=O) groups excluding carboxylic acids is 1. The van der Waals surface area contributed by atoms with Gasteiger partial charge < -0.3 is 14.8 Å². The summed E-state index contributed by atoms with van der Waals surface area (Å²) in [7, 11) is 5.58. The van der Waals surface area contributed by atoms with Crippen LogP contribution in [-0.2, 0) is 11.8 Å². The van der Waals surface area contributed by atoms with Gasteiger partial charge in [-0.1, -0.05) is 19.9 Å². The first-order valence-electron chi connectivity index (χ1n) is 12.2. The first kappa shape index (κ1) is 24.2. The molecule has 1 amide bonds. The van der Waals surface area contributed by atoms with E-state index < -0.39 is 0 Å². The first-order valence-corrected chi connectivity index (χ1v) is 12.2. The smallest absolute Gasteiger partial charge is 0.269 e. The summed E-state index contributed by atoms with van der Waals surface area (Å²) in [6, 6.07) is 6.73. The number of H-pyrrole nitrogens is 1. The summed E-state index contributed by atoms with van der Waals surface area (Å²) in [6.07, 6.45) is 1.97. The Kier molecular flexibility index (Phi) is 6.67. The number of hydrogen-bond acceptors (Lipinski definition) is 4. The fourth-order valence-electron chi connectivity index (χ4n) is 5.19. The highest BCUT2D eigenvalue weighted by molar-refractivity contribution is 5.92. The van der Waals surface area contributed by atoms with Crippen LogP contribution < -0.4 is 5.56 Å². The normalized spacial score (nSPS) is 15.1. The lowest BCUT2D eigenvalue weighted by Crippen LogP contribution is -2.42. The number of aryl methyl sites for hydroxylation is 1. The van der Waals surface area contributed by atoms with Crippen molar-refractivity contribution in [2.24, 2.45) is 7.05 Å². The number of aromatic nitrogens is 3. The van der Waals surface area contributed by atoms with Crippen molar-refractivity contribution >= 4 is 16.8 Å². The number of hydrogen-bond donors (Lipinski definition) is 1. The van der Waals surface area contributed by atoms with E-state index in [9.17, 15) is 9.59 Å². The molecule has 0 unspecified atom stereocenters. The Hall–Kier alpha value is -2.93. The summed E-state index contributed by atoms with van der Waals surface area (Å²) in [5, 5.41) is 5.85. The van der Waals surface area contributed by atoms with E-state index in [1.165, 1.54) is 21.2 Å². The molecule has 34 heavy (non-hydrogen) atoms. The lowest BCUT2D eigenvalue weighted by molar-refractivity contribution is -0.132. The van der Waals surface area contributed by atoms with E-state index in [1.807, 2.05) is 37.7 Å². The van der Waals surface area contributed by atoms with E-state index in [0.717, 1.165) is 54.0 Å². The van der Waals surface area contributed by atoms with Gasteiger partial charge in [0.15, 0.2) is 0 Å². The number of rotatable bonds is 5. The predicted molar refractivity (Wildman–Crippen MR) is 137 cm³/mol. The number of carbonyl (C=O) groups is 1. The van der Waals surface area contributed by atoms with Gasteiger partial charge in [0.2, 0.25) is 5.91 Å². The summed E-state index contributed by atoms with van der Waals surface area (Å²) >= 11 is 0. The number of benzene rings is 1. The van der Waals surface area contributed by atoms with Gasteiger partial charge in [-0.3, -0.25) is 9.59 Å². The average molecular weight is 464 g/mol. The highest BCUT2D eigenvalue weighted by atomic mass is 16.2. The molecule has 0 bridgehead atoms. The third-order valence-electron chi connectivity index (χ3n) is 7.23. The third kappa shape index (κ3) is 4.41. The Labute approximate surface area is 201 Å². The summed E-state index contributed by atoms with van der Waals surface area (Å²) in [6.45, 7) is 10.4. The summed E-state index contributed by atoms with van der Waals surface area (Å²) in [5.41, 5.74) is 7.11. The SMILES string of the molecule is Cc1c(-c2[nH]c3ccc(C4CCN(C(=O)CN(C)C)CC4)cc3c2C(C)C)nn(C)c(=O)c1C. The molecule has 3 aromatic rings. The second kappa shape index (κ2) is 9.37. The van der Waals surface area contributed by atoms with Crippen molar-refractivity contribution in [2.45, 2.75) is 52.4 Å². The molecule has 1 saturated heterocycles. The number of fused-ring (bicyclic) bond motifs is 1. The molecular weight excluding hydrogens is 426 g/mol. The van der Waals surface area contributed by atoms with E-state index in [2.05, 4.69) is 42.1 Å². The van der Waals surface area contributed by atoms with Crippen LogP contribution in [0.3, 0.4) is 0 Å². The fraction of sp³-hybridized carbons (Fsp3) is 0.519. The third-order valence-corrected chi connectivity index (χ3v) is 7.23. The van der Waals surface area contributed by atoms with Gasteiger partial charge in [-0.15, -0.1) is 0 Å². The Morgan fingerprint density at radius 2 is 1.85 bits per heavy atom. The van der Waals surface area contributed by atoms with Gasteiger partial charge in [-0.25, -0.2) is 4.68 Å². The Bertz CT molecular complexity index is 1280. The van der Waals surface area contributed by atoms with Crippen molar-refractivity contribution in [3.8, 4) is 11.4 Å². The van der Waals surface area contributed by atoms with Gasteiger partial charge in [-0.2, -0.15) is 5.10 Å². The molecule has 1 fully saturated rings. The molecule has 182 valence electrons. The van der Waals surface area contributed by atoms with Crippen LogP contribution in [-0.4, -0.2) is 64.2 Å². The van der Waals surface area contributed by atoms with Crippen LogP contribution in [0.15, 0.2) is 23.0 Å². The van der Waals surface area contributed by atoms with Crippen LogP contribution in [0.5, 0.6) is 0 Å². The summed E-state index contributed by atoms with van der Waals surface area (Å²) in [5.74, 6) is 0.959. The second-order valence-corrected chi connectivity index (χ2v) is 10.3. The predicted octanol–water partition coefficient (Wildman–Crippen LogP) is 3.94. The van der Waals surface area contributed by atoms with E-state index >= 15 is 0 Å². The lowest BCUT2D eigenvalue weighted by atomic mass is 9.87. The number of amides is 1. The minimum atomic E-state index is -0.0545. The average Bonchev–Trinajstić information content (AvgIpc) is 3.18. The van der Waals surface area contributed by atoms with Crippen molar-refractivity contribution in [3.63, 3.8) is 0 Å². The molecule has 0 radical (unpaired) electrons. The topological polar surface area (TPSA) is 74.2 Å². The molecule has 0 aliphatic carbocycles. The van der Waals surface area contributed by atoms with Crippen molar-refractivity contribution in [1.29, 1.82) is 0 Å². The van der Waals surface area contributed by atoms with Gasteiger partial charge >= 0.3 is 0 Å². The zero-order valence-electron chi connectivity index (χ0n) is 21.5. The van der Waals surface area contributed by atoms with E-state index in [0.29, 0.717) is 18.4 Å². The maximum Gasteiger partial charge on any atom is 0.269 e. The van der Waals surface area contributed by atoms with Crippen LogP contribution in [0.25, 0.3) is 22.3 Å². The lowest BCUT2D eigenvalue weighted by Gasteiger charge is -2.33. The fourth-order valence-corrected chi connectivity index (χ4v) is 5.19. The van der Waals surface area contributed by atoms with Crippen LogP contribution >= 0.6 is 0 Å². The number of nitrogens with one attached hydrogen (secondary N) is 1. The van der Waals surface area contributed by atoms with E-state index in [4.69, 9.17) is 0 Å². The Balaban J connectivity index is 1.69. The zero-order valence-corrected chi connectivity index (χ0v) is 21.5. The molecular formula is C27H37N5O2. The maximum absolute atomic E-state index is 12.4. The first-order chi connectivity index (χ1) is 16.1. The summed E-state index contributed by atoms with van der Waals surface area (Å²) < 4.78 is 1.43. The van der Waals surface area contributed by atoms with Gasteiger partial charge in [0.1, 0.15) is 5.69 Å². The number of aromatic amines is 1. The van der Waals surface area contributed by atoms with Crippen molar-refractivity contribution in [3.05, 3.63) is 50.8 Å². The van der Waals surface area contributed by atoms with Crippen LogP contribution in [0.1, 0.15) is 60.8 Å². The van der Waals surface area contributed by atoms with Crippen molar-refractivity contribution in [1.82, 2.24) is 24.6 Å². The van der Waals surface area contributed by atoms with E-state index in [-0.39, 0.29) is 11.5 Å². The van der Waals surface area contributed by atoms with Gasteiger partial charge in [0.05, 0.1) is 12.2 Å². The highest BCUT2D eigenvalue weighted by Gasteiger charge is 2.26. The zero-order chi connectivity index (χ0) is 24.7. The molecule has 3 heterocycles. The second-order valence-electron chi connectivity index (χ2n) is 10.3. The van der Waals surface area contributed by atoms with Crippen LogP contribution in [0.2, 0.25) is 0 Å². The molecule has 1 aromatic carbocycles. The quantitative estimate of drug-likeness (QED) is 0.622. The number of piperidine rings is 1. The number of likely N-dealkylation sites (tertiary alicyclic amines) is 1. The van der Waals surface area contributed by atoms with Gasteiger partial charge in [-0.05, 0) is 81.4 Å². The number of nitrogens with zero attached hydrogens (tertiary/aromatic N) is 4.